The van der Waals surface area contributed by atoms with Crippen LogP contribution in [0.1, 0.15) is 0 Å². The molecule has 12 rings (SSSR count). The molecule has 0 unspecified atom stereocenters. The van der Waals surface area contributed by atoms with E-state index in [0.717, 1.165) is 55.7 Å². The van der Waals surface area contributed by atoms with Crippen molar-refractivity contribution in [2.75, 3.05) is 4.90 Å². The number of anilines is 3. The topological polar surface area (TPSA) is 16.4 Å². The van der Waals surface area contributed by atoms with Gasteiger partial charge in [-0.05, 0) is 121 Å². The van der Waals surface area contributed by atoms with Gasteiger partial charge in [0, 0.05) is 33.4 Å². The summed E-state index contributed by atoms with van der Waals surface area (Å²) in [5.41, 5.74) is 19.2. The standard InChI is InChI=1S/C64H43NO/c1-2-15-44(16-3-1)46-31-37-51(38-32-46)65(53-41-35-48(36-42-53)56-26-14-27-62-61-25-12-13-28-63(61)66-64(56)62)52-39-33-47(34-40-52)54-19-6-8-21-57(54)59-23-10-11-24-60(59)58-22-9-7-20-55(58)50-30-29-45-17-4-5-18-49(45)43-50/h1-43H. The van der Waals surface area contributed by atoms with E-state index in [1.807, 2.05) is 12.1 Å². The summed E-state index contributed by atoms with van der Waals surface area (Å²) in [4.78, 5) is 2.34. The molecule has 1 aromatic heterocycles. The molecule has 2 heteroatoms. The summed E-state index contributed by atoms with van der Waals surface area (Å²) >= 11 is 0. The number of rotatable bonds is 9. The molecular weight excluding hydrogens is 799 g/mol. The minimum Gasteiger partial charge on any atom is -0.455 e. The Labute approximate surface area is 384 Å². The van der Waals surface area contributed by atoms with Crippen LogP contribution < -0.4 is 4.90 Å². The highest BCUT2D eigenvalue weighted by molar-refractivity contribution is 6.09. The van der Waals surface area contributed by atoms with E-state index in [1.54, 1.807) is 0 Å². The summed E-state index contributed by atoms with van der Waals surface area (Å²) in [6, 6.07) is 93.8. The molecule has 12 aromatic rings. The quantitative estimate of drug-likeness (QED) is 0.144. The van der Waals surface area contributed by atoms with Gasteiger partial charge in [-0.15, -0.1) is 0 Å². The molecule has 0 aliphatic heterocycles. The fraction of sp³-hybridized carbons (Fsp3) is 0. The Bertz CT molecular complexity index is 3680. The lowest BCUT2D eigenvalue weighted by Gasteiger charge is -2.26. The Morgan fingerprint density at radius 2 is 0.652 bits per heavy atom. The van der Waals surface area contributed by atoms with Crippen LogP contribution in [-0.2, 0) is 0 Å². The molecular formula is C64H43NO. The number of hydrogen-bond acceptors (Lipinski definition) is 2. The lowest BCUT2D eigenvalue weighted by molar-refractivity contribution is 0.670. The molecule has 0 spiro atoms. The Hall–Kier alpha value is -8.72. The second-order valence-electron chi connectivity index (χ2n) is 16.8. The van der Waals surface area contributed by atoms with Gasteiger partial charge >= 0.3 is 0 Å². The van der Waals surface area contributed by atoms with Crippen molar-refractivity contribution in [2.45, 2.75) is 0 Å². The van der Waals surface area contributed by atoms with E-state index in [1.165, 1.54) is 60.8 Å². The molecule has 0 radical (unpaired) electrons. The molecule has 1 heterocycles. The monoisotopic (exact) mass is 841 g/mol. The molecule has 0 aliphatic rings. The molecule has 0 aliphatic carbocycles. The molecule has 0 N–H and O–H groups in total. The van der Waals surface area contributed by atoms with E-state index in [0.29, 0.717) is 0 Å². The molecule has 0 saturated carbocycles. The van der Waals surface area contributed by atoms with Crippen LogP contribution in [0.25, 0.3) is 99.5 Å². The van der Waals surface area contributed by atoms with Gasteiger partial charge in [0.25, 0.3) is 0 Å². The second kappa shape index (κ2) is 16.8. The number of furan rings is 1. The van der Waals surface area contributed by atoms with Crippen LogP contribution in [0.3, 0.4) is 0 Å². The summed E-state index contributed by atoms with van der Waals surface area (Å²) < 4.78 is 6.44. The van der Waals surface area contributed by atoms with Crippen molar-refractivity contribution >= 4 is 49.8 Å². The highest BCUT2D eigenvalue weighted by Crippen LogP contribution is 2.44. The van der Waals surface area contributed by atoms with Crippen molar-refractivity contribution in [1.82, 2.24) is 0 Å². The normalized spacial score (nSPS) is 11.3. The Balaban J connectivity index is 0.921. The van der Waals surface area contributed by atoms with Crippen molar-refractivity contribution in [1.29, 1.82) is 0 Å². The highest BCUT2D eigenvalue weighted by atomic mass is 16.3. The van der Waals surface area contributed by atoms with Crippen LogP contribution in [0.4, 0.5) is 17.1 Å². The second-order valence-corrected chi connectivity index (χ2v) is 16.8. The molecule has 11 aromatic carbocycles. The molecule has 0 amide bonds. The van der Waals surface area contributed by atoms with Gasteiger partial charge in [-0.25, -0.2) is 0 Å². The van der Waals surface area contributed by atoms with Crippen LogP contribution in [0.5, 0.6) is 0 Å². The van der Waals surface area contributed by atoms with Crippen molar-refractivity contribution in [2.24, 2.45) is 0 Å². The van der Waals surface area contributed by atoms with E-state index in [4.69, 9.17) is 4.42 Å². The zero-order chi connectivity index (χ0) is 43.8. The highest BCUT2D eigenvalue weighted by Gasteiger charge is 2.19. The van der Waals surface area contributed by atoms with Gasteiger partial charge < -0.3 is 9.32 Å². The Kier molecular flexibility index (Phi) is 9.89. The van der Waals surface area contributed by atoms with Gasteiger partial charge in [-0.2, -0.15) is 0 Å². The lowest BCUT2D eigenvalue weighted by Crippen LogP contribution is -2.09. The first-order valence-corrected chi connectivity index (χ1v) is 22.6. The first-order valence-electron chi connectivity index (χ1n) is 22.6. The Morgan fingerprint density at radius 3 is 1.27 bits per heavy atom. The van der Waals surface area contributed by atoms with E-state index in [2.05, 4.69) is 254 Å². The molecule has 0 bridgehead atoms. The predicted molar refractivity (Wildman–Crippen MR) is 279 cm³/mol. The molecule has 66 heavy (non-hydrogen) atoms. The smallest absolute Gasteiger partial charge is 0.143 e. The predicted octanol–water partition coefficient (Wildman–Crippen LogP) is 18.2. The van der Waals surface area contributed by atoms with Crippen LogP contribution in [-0.4, -0.2) is 0 Å². The third-order valence-electron chi connectivity index (χ3n) is 12.9. The Morgan fingerprint density at radius 1 is 0.242 bits per heavy atom. The summed E-state index contributed by atoms with van der Waals surface area (Å²) in [5.74, 6) is 0. The summed E-state index contributed by atoms with van der Waals surface area (Å²) in [5, 5.41) is 4.75. The van der Waals surface area contributed by atoms with Crippen LogP contribution >= 0.6 is 0 Å². The van der Waals surface area contributed by atoms with E-state index in [-0.39, 0.29) is 0 Å². The number of hydrogen-bond donors (Lipinski definition) is 0. The van der Waals surface area contributed by atoms with E-state index < -0.39 is 0 Å². The SMILES string of the molecule is c1ccc(-c2ccc(N(c3ccc(-c4ccccc4-c4ccccc4-c4ccccc4-c4ccc5ccccc5c4)cc3)c3ccc(-c4cccc5c4oc4ccccc45)cc3)cc2)cc1. The molecule has 0 saturated heterocycles. The molecule has 0 fully saturated rings. The van der Waals surface area contributed by atoms with Gasteiger partial charge in [0.2, 0.25) is 0 Å². The molecule has 310 valence electrons. The average Bonchev–Trinajstić information content (AvgIpc) is 3.79. The average molecular weight is 842 g/mol. The van der Waals surface area contributed by atoms with Crippen LogP contribution in [0, 0.1) is 0 Å². The zero-order valence-corrected chi connectivity index (χ0v) is 36.2. The zero-order valence-electron chi connectivity index (χ0n) is 36.2. The number of benzene rings is 11. The van der Waals surface area contributed by atoms with Gasteiger partial charge in [-0.3, -0.25) is 0 Å². The number of nitrogens with zero attached hydrogens (tertiary/aromatic N) is 1. The minimum atomic E-state index is 0.902. The van der Waals surface area contributed by atoms with Crippen LogP contribution in [0.15, 0.2) is 265 Å². The van der Waals surface area contributed by atoms with E-state index >= 15 is 0 Å². The van der Waals surface area contributed by atoms with Gasteiger partial charge in [0.05, 0.1) is 0 Å². The first-order chi connectivity index (χ1) is 32.7. The molecule has 0 atom stereocenters. The van der Waals surface area contributed by atoms with Crippen molar-refractivity contribution in [3.8, 4) is 66.8 Å². The maximum absolute atomic E-state index is 6.44. The third-order valence-corrected chi connectivity index (χ3v) is 12.9. The van der Waals surface area contributed by atoms with Crippen molar-refractivity contribution in [3.05, 3.63) is 261 Å². The third kappa shape index (κ3) is 7.12. The maximum atomic E-state index is 6.44. The van der Waals surface area contributed by atoms with Crippen molar-refractivity contribution in [3.63, 3.8) is 0 Å². The fourth-order valence-corrected chi connectivity index (χ4v) is 9.68. The summed E-state index contributed by atoms with van der Waals surface area (Å²) in [7, 11) is 0. The fourth-order valence-electron chi connectivity index (χ4n) is 9.68. The van der Waals surface area contributed by atoms with Crippen LogP contribution in [0.2, 0.25) is 0 Å². The summed E-state index contributed by atoms with van der Waals surface area (Å²) in [6.45, 7) is 0. The summed E-state index contributed by atoms with van der Waals surface area (Å²) in [6.07, 6.45) is 0. The van der Waals surface area contributed by atoms with E-state index in [9.17, 15) is 0 Å². The first kappa shape index (κ1) is 38.9. The number of para-hydroxylation sites is 2. The maximum Gasteiger partial charge on any atom is 0.143 e. The van der Waals surface area contributed by atoms with Crippen molar-refractivity contribution < 1.29 is 4.42 Å². The lowest BCUT2D eigenvalue weighted by atomic mass is 9.86. The van der Waals surface area contributed by atoms with Gasteiger partial charge in [0.1, 0.15) is 11.2 Å². The number of fused-ring (bicyclic) bond motifs is 4. The van der Waals surface area contributed by atoms with Gasteiger partial charge in [0.15, 0.2) is 0 Å². The van der Waals surface area contributed by atoms with Gasteiger partial charge in [-0.1, -0.05) is 212 Å². The largest absolute Gasteiger partial charge is 0.455 e. The molecule has 2 nitrogen and oxygen atoms in total. The minimum absolute atomic E-state index is 0.902.